The summed E-state index contributed by atoms with van der Waals surface area (Å²) in [6.45, 7) is 1.51. The molecule has 3 fully saturated rings. The second kappa shape index (κ2) is 6.47. The number of alkyl halides is 1. The van der Waals surface area contributed by atoms with Gasteiger partial charge in [0.05, 0.1) is 18.9 Å². The molecule has 1 aromatic heterocycles. The fraction of sp³-hybridized carbons (Fsp3) is 0.667. The Morgan fingerprint density at radius 3 is 2.73 bits per heavy atom. The molecule has 3 aliphatic rings. The fourth-order valence-electron chi connectivity index (χ4n) is 4.16. The highest BCUT2D eigenvalue weighted by atomic mass is 19.1. The van der Waals surface area contributed by atoms with Gasteiger partial charge in [-0.15, -0.1) is 0 Å². The molecule has 2 N–H and O–H groups in total. The average Bonchev–Trinajstić information content (AvgIpc) is 3.32. The Bertz CT molecular complexity index is 720. The third kappa shape index (κ3) is 3.36. The molecular formula is C18H22FN5O2. The van der Waals surface area contributed by atoms with Crippen LogP contribution in [0, 0.1) is 22.7 Å². The number of halogens is 1. The molecule has 1 aromatic rings. The zero-order valence-electron chi connectivity index (χ0n) is 14.5. The minimum absolute atomic E-state index is 0.0155. The normalized spacial score (nSPS) is 31.5. The van der Waals surface area contributed by atoms with Gasteiger partial charge >= 0.3 is 0 Å². The number of nitrogens with zero attached hydrogens (tertiary/aromatic N) is 3. The van der Waals surface area contributed by atoms with Crippen molar-refractivity contribution in [3.8, 4) is 6.07 Å². The van der Waals surface area contributed by atoms with E-state index in [4.69, 9.17) is 10.00 Å². The molecule has 0 radical (unpaired) electrons. The highest BCUT2D eigenvalue weighted by Gasteiger charge is 2.58. The van der Waals surface area contributed by atoms with E-state index in [1.807, 2.05) is 6.07 Å². The van der Waals surface area contributed by atoms with Crippen molar-refractivity contribution in [2.45, 2.75) is 43.8 Å². The minimum Gasteiger partial charge on any atom is -0.381 e. The Balaban J connectivity index is 1.20. The van der Waals surface area contributed by atoms with Crippen molar-refractivity contribution in [1.29, 1.82) is 5.26 Å². The molecule has 1 aliphatic heterocycles. The Morgan fingerprint density at radius 1 is 1.31 bits per heavy atom. The topological polar surface area (TPSA) is 99.9 Å². The van der Waals surface area contributed by atoms with Crippen LogP contribution in [0.1, 0.15) is 37.8 Å². The van der Waals surface area contributed by atoms with Gasteiger partial charge in [-0.2, -0.15) is 5.26 Å². The molecule has 4 rings (SSSR count). The number of carbonyl (C=O) groups is 1. The molecular weight excluding hydrogens is 337 g/mol. The number of rotatable bonds is 5. The standard InChI is InChI=1S/C18H22FN5O2/c19-18(5-12(6-18)24-15-10-21-13(8-20)9-22-15)11-23-16(25)14-7-17(14)1-3-26-4-2-17/h9-10,12,14H,1-7,11H2,(H,22,24)(H,23,25). The second-order valence-corrected chi connectivity index (χ2v) is 7.75. The molecule has 2 saturated carbocycles. The number of amides is 1. The number of anilines is 1. The van der Waals surface area contributed by atoms with E-state index in [-0.39, 0.29) is 35.5 Å². The molecule has 138 valence electrons. The summed E-state index contributed by atoms with van der Waals surface area (Å²) in [4.78, 5) is 20.3. The zero-order chi connectivity index (χ0) is 18.2. The van der Waals surface area contributed by atoms with Crippen LogP contribution in [0.15, 0.2) is 12.4 Å². The number of nitrogens with one attached hydrogen (secondary N) is 2. The van der Waals surface area contributed by atoms with Gasteiger partial charge < -0.3 is 15.4 Å². The molecule has 1 amide bonds. The van der Waals surface area contributed by atoms with Crippen LogP contribution in [0.4, 0.5) is 10.2 Å². The summed E-state index contributed by atoms with van der Waals surface area (Å²) in [5, 5.41) is 14.6. The first-order valence-electron chi connectivity index (χ1n) is 9.05. The molecule has 0 aromatic carbocycles. The maximum atomic E-state index is 14.7. The molecule has 1 atom stereocenters. The summed E-state index contributed by atoms with van der Waals surface area (Å²) in [7, 11) is 0. The van der Waals surface area contributed by atoms with E-state index in [2.05, 4.69) is 20.6 Å². The van der Waals surface area contributed by atoms with Crippen LogP contribution < -0.4 is 10.6 Å². The summed E-state index contributed by atoms with van der Waals surface area (Å²) in [6.07, 6.45) is 6.26. The van der Waals surface area contributed by atoms with Gasteiger partial charge in [-0.05, 0) is 24.7 Å². The van der Waals surface area contributed by atoms with Gasteiger partial charge in [0.1, 0.15) is 17.6 Å². The molecule has 2 aliphatic carbocycles. The van der Waals surface area contributed by atoms with Crippen LogP contribution >= 0.6 is 0 Å². The number of ether oxygens (including phenoxy) is 1. The summed E-state index contributed by atoms with van der Waals surface area (Å²) >= 11 is 0. The van der Waals surface area contributed by atoms with Crippen LogP contribution in [0.2, 0.25) is 0 Å². The van der Waals surface area contributed by atoms with Crippen molar-refractivity contribution in [1.82, 2.24) is 15.3 Å². The first-order chi connectivity index (χ1) is 12.5. The van der Waals surface area contributed by atoms with Gasteiger partial charge in [0.2, 0.25) is 5.91 Å². The lowest BCUT2D eigenvalue weighted by atomic mass is 9.77. The van der Waals surface area contributed by atoms with Crippen LogP contribution in [-0.2, 0) is 9.53 Å². The van der Waals surface area contributed by atoms with E-state index in [9.17, 15) is 9.18 Å². The van der Waals surface area contributed by atoms with Crippen LogP contribution in [0.5, 0.6) is 0 Å². The third-order valence-electron chi connectivity index (χ3n) is 5.92. The van der Waals surface area contributed by atoms with Crippen molar-refractivity contribution in [2.75, 3.05) is 25.1 Å². The Morgan fingerprint density at radius 2 is 2.08 bits per heavy atom. The molecule has 8 heteroatoms. The highest BCUT2D eigenvalue weighted by molar-refractivity contribution is 5.82. The highest BCUT2D eigenvalue weighted by Crippen LogP contribution is 2.59. The fourth-order valence-corrected chi connectivity index (χ4v) is 4.16. The number of nitriles is 1. The van der Waals surface area contributed by atoms with Crippen LogP contribution in [0.25, 0.3) is 0 Å². The van der Waals surface area contributed by atoms with E-state index in [1.165, 1.54) is 12.4 Å². The van der Waals surface area contributed by atoms with Crippen molar-refractivity contribution in [2.24, 2.45) is 11.3 Å². The van der Waals surface area contributed by atoms with E-state index < -0.39 is 5.67 Å². The van der Waals surface area contributed by atoms with E-state index >= 15 is 0 Å². The van der Waals surface area contributed by atoms with Gasteiger partial charge in [-0.1, -0.05) is 0 Å². The number of aromatic nitrogens is 2. The third-order valence-corrected chi connectivity index (χ3v) is 5.92. The monoisotopic (exact) mass is 359 g/mol. The summed E-state index contributed by atoms with van der Waals surface area (Å²) in [5.41, 5.74) is -1.01. The first-order valence-corrected chi connectivity index (χ1v) is 9.05. The smallest absolute Gasteiger partial charge is 0.223 e. The lowest BCUT2D eigenvalue weighted by Gasteiger charge is -2.42. The number of hydrogen-bond donors (Lipinski definition) is 2. The van der Waals surface area contributed by atoms with Crippen LogP contribution in [0.3, 0.4) is 0 Å². The van der Waals surface area contributed by atoms with Crippen LogP contribution in [-0.4, -0.2) is 47.3 Å². The summed E-state index contributed by atoms with van der Waals surface area (Å²) in [6, 6.07) is 1.86. The molecule has 0 bridgehead atoms. The van der Waals surface area contributed by atoms with Gasteiger partial charge in [-0.25, -0.2) is 14.4 Å². The van der Waals surface area contributed by atoms with Crippen molar-refractivity contribution in [3.63, 3.8) is 0 Å². The average molecular weight is 359 g/mol. The van der Waals surface area contributed by atoms with E-state index in [0.29, 0.717) is 18.7 Å². The maximum Gasteiger partial charge on any atom is 0.223 e. The molecule has 1 saturated heterocycles. The molecule has 1 unspecified atom stereocenters. The second-order valence-electron chi connectivity index (χ2n) is 7.75. The molecule has 2 heterocycles. The minimum atomic E-state index is -1.37. The Kier molecular flexibility index (Phi) is 4.27. The first kappa shape index (κ1) is 17.2. The predicted molar refractivity (Wildman–Crippen MR) is 90.8 cm³/mol. The van der Waals surface area contributed by atoms with Crippen molar-refractivity contribution in [3.05, 3.63) is 18.1 Å². The van der Waals surface area contributed by atoms with Gasteiger partial charge in [0, 0.05) is 38.0 Å². The van der Waals surface area contributed by atoms with Gasteiger partial charge in [-0.3, -0.25) is 4.79 Å². The lowest BCUT2D eigenvalue weighted by Crippen LogP contribution is -2.54. The predicted octanol–water partition coefficient (Wildman–Crippen LogP) is 1.56. The number of carbonyl (C=O) groups excluding carboxylic acids is 1. The van der Waals surface area contributed by atoms with Gasteiger partial charge in [0.25, 0.3) is 0 Å². The lowest BCUT2D eigenvalue weighted by molar-refractivity contribution is -0.124. The summed E-state index contributed by atoms with van der Waals surface area (Å²) < 4.78 is 20.1. The SMILES string of the molecule is N#Cc1cnc(NC2CC(F)(CNC(=O)C3CC34CCOCC4)C2)cn1. The Labute approximate surface area is 151 Å². The molecule has 26 heavy (non-hydrogen) atoms. The van der Waals surface area contributed by atoms with E-state index in [0.717, 1.165) is 32.5 Å². The van der Waals surface area contributed by atoms with Crippen molar-refractivity contribution >= 4 is 11.7 Å². The van der Waals surface area contributed by atoms with E-state index in [1.54, 1.807) is 0 Å². The Hall–Kier alpha value is -2.27. The molecule has 1 spiro atoms. The van der Waals surface area contributed by atoms with Gasteiger partial charge in [0.15, 0.2) is 5.69 Å². The maximum absolute atomic E-state index is 14.7. The quantitative estimate of drug-likeness (QED) is 0.828. The van der Waals surface area contributed by atoms with Crippen molar-refractivity contribution < 1.29 is 13.9 Å². The zero-order valence-corrected chi connectivity index (χ0v) is 14.5. The molecule has 7 nitrogen and oxygen atoms in total. The summed E-state index contributed by atoms with van der Waals surface area (Å²) in [5.74, 6) is 0.538. The number of hydrogen-bond acceptors (Lipinski definition) is 6. The largest absolute Gasteiger partial charge is 0.381 e.